The molecule has 0 bridgehead atoms. The molecular formula is C16H14F3N7O. The number of rotatable bonds is 3. The van der Waals surface area contributed by atoms with Crippen LogP contribution in [0.25, 0.3) is 5.65 Å². The zero-order valence-electron chi connectivity index (χ0n) is 13.9. The lowest BCUT2D eigenvalue weighted by Gasteiger charge is -2.27. The number of nitrogens with zero attached hydrogens (tertiary/aromatic N) is 6. The van der Waals surface area contributed by atoms with Gasteiger partial charge in [0, 0.05) is 25.1 Å². The average Bonchev–Trinajstić information content (AvgIpc) is 3.29. The zero-order chi connectivity index (χ0) is 19.0. The summed E-state index contributed by atoms with van der Waals surface area (Å²) in [6.45, 7) is 0.253. The van der Waals surface area contributed by atoms with E-state index in [9.17, 15) is 18.0 Å². The van der Waals surface area contributed by atoms with Crippen LogP contribution in [0.5, 0.6) is 0 Å². The molecule has 0 aromatic carbocycles. The molecule has 4 heterocycles. The van der Waals surface area contributed by atoms with Gasteiger partial charge in [0.05, 0.1) is 12.4 Å². The van der Waals surface area contributed by atoms with Crippen LogP contribution in [0.2, 0.25) is 0 Å². The molecule has 11 heteroatoms. The molecule has 4 rings (SSSR count). The van der Waals surface area contributed by atoms with Crippen LogP contribution in [0.15, 0.2) is 37.1 Å². The maximum atomic E-state index is 13.2. The van der Waals surface area contributed by atoms with Crippen molar-refractivity contribution in [2.24, 2.45) is 0 Å². The van der Waals surface area contributed by atoms with Crippen LogP contribution in [0.1, 0.15) is 23.2 Å². The molecule has 1 amide bonds. The Morgan fingerprint density at radius 1 is 1.26 bits per heavy atom. The maximum Gasteiger partial charge on any atom is 0.408 e. The van der Waals surface area contributed by atoms with Gasteiger partial charge >= 0.3 is 6.18 Å². The number of carbonyl (C=O) groups excluding carboxylic acids is 1. The fraction of sp³-hybridized carbons (Fsp3) is 0.312. The van der Waals surface area contributed by atoms with Crippen molar-refractivity contribution in [2.45, 2.75) is 25.1 Å². The van der Waals surface area contributed by atoms with Gasteiger partial charge in [-0.1, -0.05) is 0 Å². The van der Waals surface area contributed by atoms with E-state index in [0.717, 1.165) is 0 Å². The molecule has 1 N–H and O–H groups in total. The predicted molar refractivity (Wildman–Crippen MR) is 89.4 cm³/mol. The van der Waals surface area contributed by atoms with Crippen molar-refractivity contribution in [1.82, 2.24) is 24.6 Å². The van der Waals surface area contributed by atoms with Crippen LogP contribution >= 0.6 is 0 Å². The third kappa shape index (κ3) is 3.27. The minimum Gasteiger partial charge on any atom is -0.344 e. The highest BCUT2D eigenvalue weighted by atomic mass is 19.4. The normalized spacial score (nSPS) is 17.4. The largest absolute Gasteiger partial charge is 0.408 e. The minimum atomic E-state index is -4.34. The molecule has 1 fully saturated rings. The number of hydrogen-bond donors (Lipinski definition) is 1. The van der Waals surface area contributed by atoms with Gasteiger partial charge in [0.15, 0.2) is 11.5 Å². The number of amides is 1. The lowest BCUT2D eigenvalue weighted by molar-refractivity contribution is -0.146. The minimum absolute atomic E-state index is 0.0235. The second-order valence-electron chi connectivity index (χ2n) is 6.05. The average molecular weight is 377 g/mol. The third-order valence-electron chi connectivity index (χ3n) is 4.33. The smallest absolute Gasteiger partial charge is 0.344 e. The summed E-state index contributed by atoms with van der Waals surface area (Å²) in [4.78, 5) is 25.8. The van der Waals surface area contributed by atoms with Gasteiger partial charge < -0.3 is 10.2 Å². The molecule has 3 aromatic rings. The van der Waals surface area contributed by atoms with E-state index >= 15 is 0 Å². The summed E-state index contributed by atoms with van der Waals surface area (Å²) in [6.07, 6.45) is 3.17. The van der Waals surface area contributed by atoms with Crippen molar-refractivity contribution in [3.8, 4) is 0 Å². The summed E-state index contributed by atoms with van der Waals surface area (Å²) >= 11 is 0. The van der Waals surface area contributed by atoms with Crippen LogP contribution < -0.4 is 10.2 Å². The molecule has 0 radical (unpaired) electrons. The van der Waals surface area contributed by atoms with Gasteiger partial charge in [-0.05, 0) is 18.9 Å². The highest BCUT2D eigenvalue weighted by Crippen LogP contribution is 2.35. The van der Waals surface area contributed by atoms with Crippen molar-refractivity contribution in [3.05, 3.63) is 42.6 Å². The predicted octanol–water partition coefficient (Wildman–Crippen LogP) is 2.30. The number of hydrogen-bond acceptors (Lipinski definition) is 6. The Morgan fingerprint density at radius 3 is 2.85 bits per heavy atom. The quantitative estimate of drug-likeness (QED) is 0.754. The number of alkyl halides is 3. The Kier molecular flexibility index (Phi) is 4.13. The van der Waals surface area contributed by atoms with E-state index in [2.05, 4.69) is 25.4 Å². The number of anilines is 2. The first-order valence-electron chi connectivity index (χ1n) is 8.18. The second-order valence-corrected chi connectivity index (χ2v) is 6.05. The molecule has 0 saturated carbocycles. The number of nitrogens with one attached hydrogen (secondary N) is 1. The topological polar surface area (TPSA) is 88.3 Å². The number of aromatic nitrogens is 5. The van der Waals surface area contributed by atoms with E-state index in [1.54, 1.807) is 0 Å². The number of carbonyl (C=O) groups is 1. The standard InChI is InChI=1S/C16H14F3N7O/c17-16(18,19)11-2-1-6-25(11)13-3-7-26-14(24-13)10(8-22-26)15(27)23-12-9-20-4-5-21-12/h3-5,7-9,11H,1-2,6H2,(H,21,23,27)/t11-/m0/s1. The van der Waals surface area contributed by atoms with Crippen molar-refractivity contribution in [1.29, 1.82) is 0 Å². The van der Waals surface area contributed by atoms with Gasteiger partial charge in [-0.3, -0.25) is 9.78 Å². The molecule has 27 heavy (non-hydrogen) atoms. The van der Waals surface area contributed by atoms with Crippen molar-refractivity contribution in [2.75, 3.05) is 16.8 Å². The number of halogens is 3. The van der Waals surface area contributed by atoms with Crippen molar-refractivity contribution in [3.63, 3.8) is 0 Å². The summed E-state index contributed by atoms with van der Waals surface area (Å²) < 4.78 is 41.0. The fourth-order valence-electron chi connectivity index (χ4n) is 3.11. The highest BCUT2D eigenvalue weighted by molar-refractivity contribution is 6.07. The molecule has 1 aliphatic rings. The Balaban J connectivity index is 1.66. The van der Waals surface area contributed by atoms with E-state index in [4.69, 9.17) is 0 Å². The zero-order valence-corrected chi connectivity index (χ0v) is 13.9. The van der Waals surface area contributed by atoms with Crippen molar-refractivity contribution >= 4 is 23.2 Å². The summed E-state index contributed by atoms with van der Waals surface area (Å²) in [5.41, 5.74) is 0.298. The molecule has 0 aliphatic carbocycles. The van der Waals surface area contributed by atoms with E-state index in [-0.39, 0.29) is 35.8 Å². The lowest BCUT2D eigenvalue weighted by Crippen LogP contribution is -2.41. The lowest BCUT2D eigenvalue weighted by atomic mass is 10.2. The Bertz CT molecular complexity index is 973. The molecule has 3 aromatic heterocycles. The van der Waals surface area contributed by atoms with Crippen LogP contribution in [-0.2, 0) is 0 Å². The monoisotopic (exact) mass is 377 g/mol. The summed E-state index contributed by atoms with van der Waals surface area (Å²) in [7, 11) is 0. The molecule has 1 aliphatic heterocycles. The first kappa shape index (κ1) is 17.2. The van der Waals surface area contributed by atoms with E-state index in [1.165, 1.54) is 46.5 Å². The Hall–Kier alpha value is -3.24. The third-order valence-corrected chi connectivity index (χ3v) is 4.33. The van der Waals surface area contributed by atoms with Crippen LogP contribution in [0.4, 0.5) is 24.8 Å². The number of fused-ring (bicyclic) bond motifs is 1. The first-order valence-corrected chi connectivity index (χ1v) is 8.18. The highest BCUT2D eigenvalue weighted by Gasteiger charge is 2.46. The van der Waals surface area contributed by atoms with E-state index in [1.807, 2.05) is 0 Å². The van der Waals surface area contributed by atoms with Gasteiger partial charge in [0.1, 0.15) is 17.4 Å². The second kappa shape index (κ2) is 6.49. The van der Waals surface area contributed by atoms with Gasteiger partial charge in [-0.2, -0.15) is 18.3 Å². The molecule has 8 nitrogen and oxygen atoms in total. The Morgan fingerprint density at radius 2 is 2.11 bits per heavy atom. The fourth-order valence-corrected chi connectivity index (χ4v) is 3.11. The van der Waals surface area contributed by atoms with Crippen LogP contribution in [0.3, 0.4) is 0 Å². The SMILES string of the molecule is O=C(Nc1cnccn1)c1cnn2ccc(N3CCC[C@H]3C(F)(F)F)nc12. The van der Waals surface area contributed by atoms with E-state index in [0.29, 0.717) is 6.42 Å². The van der Waals surface area contributed by atoms with Crippen LogP contribution in [0, 0.1) is 0 Å². The van der Waals surface area contributed by atoms with Gasteiger partial charge in [-0.25, -0.2) is 14.5 Å². The molecule has 1 atom stereocenters. The Labute approximate surface area is 151 Å². The summed E-state index contributed by atoms with van der Waals surface area (Å²) in [5.74, 6) is -0.116. The van der Waals surface area contributed by atoms with Crippen molar-refractivity contribution < 1.29 is 18.0 Å². The molecule has 1 saturated heterocycles. The molecule has 0 spiro atoms. The maximum absolute atomic E-state index is 13.2. The van der Waals surface area contributed by atoms with Gasteiger partial charge in [0.2, 0.25) is 0 Å². The first-order chi connectivity index (χ1) is 12.9. The van der Waals surface area contributed by atoms with Crippen LogP contribution in [-0.4, -0.2) is 49.2 Å². The van der Waals surface area contributed by atoms with Gasteiger partial charge in [-0.15, -0.1) is 0 Å². The van der Waals surface area contributed by atoms with Gasteiger partial charge in [0.25, 0.3) is 5.91 Å². The summed E-state index contributed by atoms with van der Waals surface area (Å²) in [5, 5.41) is 6.59. The summed E-state index contributed by atoms with van der Waals surface area (Å²) in [6, 6.07) is -0.110. The van der Waals surface area contributed by atoms with E-state index < -0.39 is 18.1 Å². The molecular weight excluding hydrogens is 363 g/mol. The molecule has 0 unspecified atom stereocenters. The molecule has 140 valence electrons.